The quantitative estimate of drug-likeness (QED) is 0.627. The van der Waals surface area contributed by atoms with Crippen LogP contribution in [0.4, 0.5) is 4.79 Å². The fourth-order valence-corrected chi connectivity index (χ4v) is 4.67. The number of urea groups is 1. The van der Waals surface area contributed by atoms with Crippen molar-refractivity contribution in [1.29, 1.82) is 0 Å². The number of hydrogen-bond acceptors (Lipinski definition) is 4. The standard InChI is InChI=1S/C20H25N3OS2/c1-14(15-8-9-25-12-15)22-20(24)21-11-17(23(2)3)10-16-13-26-19-7-5-4-6-18(16)19/h4-9,12-14,17H,10-11H2,1-3H3,(H2,21,22,24). The van der Waals surface area contributed by atoms with Crippen LogP contribution in [0.1, 0.15) is 24.1 Å². The Morgan fingerprint density at radius 2 is 2.00 bits per heavy atom. The summed E-state index contributed by atoms with van der Waals surface area (Å²) in [6.45, 7) is 2.61. The number of hydrogen-bond donors (Lipinski definition) is 2. The molecule has 0 aliphatic heterocycles. The second-order valence-corrected chi connectivity index (χ2v) is 8.40. The summed E-state index contributed by atoms with van der Waals surface area (Å²) in [6.07, 6.45) is 0.914. The second kappa shape index (κ2) is 8.66. The van der Waals surface area contributed by atoms with E-state index in [1.807, 2.05) is 18.4 Å². The zero-order valence-corrected chi connectivity index (χ0v) is 17.0. The summed E-state index contributed by atoms with van der Waals surface area (Å²) in [5, 5.41) is 13.7. The molecule has 4 nitrogen and oxygen atoms in total. The molecule has 2 aromatic heterocycles. The van der Waals surface area contributed by atoms with Gasteiger partial charge in [-0.3, -0.25) is 0 Å². The zero-order valence-electron chi connectivity index (χ0n) is 15.4. The molecule has 0 spiro atoms. The molecular weight excluding hydrogens is 362 g/mol. The summed E-state index contributed by atoms with van der Waals surface area (Å²) >= 11 is 3.42. The number of thiophene rings is 2. The maximum Gasteiger partial charge on any atom is 0.315 e. The van der Waals surface area contributed by atoms with Crippen molar-refractivity contribution < 1.29 is 4.79 Å². The van der Waals surface area contributed by atoms with Crippen LogP contribution in [0.5, 0.6) is 0 Å². The Hall–Kier alpha value is -1.89. The van der Waals surface area contributed by atoms with E-state index in [1.165, 1.54) is 15.6 Å². The molecule has 0 bridgehead atoms. The van der Waals surface area contributed by atoms with E-state index < -0.39 is 0 Å². The first kappa shape index (κ1) is 18.9. The largest absolute Gasteiger partial charge is 0.337 e. The van der Waals surface area contributed by atoms with E-state index in [0.717, 1.165) is 12.0 Å². The Bertz CT molecular complexity index is 842. The lowest BCUT2D eigenvalue weighted by Gasteiger charge is -2.25. The number of carbonyl (C=O) groups excluding carboxylic acids is 1. The highest BCUT2D eigenvalue weighted by molar-refractivity contribution is 7.17. The van der Waals surface area contributed by atoms with Crippen molar-refractivity contribution in [1.82, 2.24) is 15.5 Å². The van der Waals surface area contributed by atoms with Gasteiger partial charge in [-0.25, -0.2) is 4.79 Å². The highest BCUT2D eigenvalue weighted by Crippen LogP contribution is 2.27. The summed E-state index contributed by atoms with van der Waals surface area (Å²) < 4.78 is 1.32. The topological polar surface area (TPSA) is 44.4 Å². The molecule has 2 unspecified atom stereocenters. The van der Waals surface area contributed by atoms with Gasteiger partial charge in [-0.05, 0) is 72.2 Å². The molecule has 6 heteroatoms. The van der Waals surface area contributed by atoms with E-state index in [-0.39, 0.29) is 18.1 Å². The van der Waals surface area contributed by atoms with Gasteiger partial charge in [-0.1, -0.05) is 18.2 Å². The van der Waals surface area contributed by atoms with Gasteiger partial charge in [0.2, 0.25) is 0 Å². The van der Waals surface area contributed by atoms with Crippen LogP contribution in [0.2, 0.25) is 0 Å². The van der Waals surface area contributed by atoms with Crippen molar-refractivity contribution in [3.63, 3.8) is 0 Å². The predicted octanol–water partition coefficient (Wildman–Crippen LogP) is 4.50. The molecule has 2 amide bonds. The summed E-state index contributed by atoms with van der Waals surface area (Å²) in [5.74, 6) is 0. The van der Waals surface area contributed by atoms with Crippen LogP contribution in [0.15, 0.2) is 46.5 Å². The van der Waals surface area contributed by atoms with Crippen LogP contribution in [-0.4, -0.2) is 37.6 Å². The number of nitrogens with one attached hydrogen (secondary N) is 2. The van der Waals surface area contributed by atoms with Crippen molar-refractivity contribution in [2.75, 3.05) is 20.6 Å². The highest BCUT2D eigenvalue weighted by atomic mass is 32.1. The Morgan fingerprint density at radius 1 is 1.19 bits per heavy atom. The van der Waals surface area contributed by atoms with Crippen molar-refractivity contribution in [3.05, 3.63) is 57.6 Å². The first-order chi connectivity index (χ1) is 12.5. The number of benzene rings is 1. The summed E-state index contributed by atoms with van der Waals surface area (Å²) in [7, 11) is 4.12. The molecule has 138 valence electrons. The molecule has 3 rings (SSSR count). The molecule has 2 N–H and O–H groups in total. The highest BCUT2D eigenvalue weighted by Gasteiger charge is 2.17. The van der Waals surface area contributed by atoms with Crippen LogP contribution in [0, 0.1) is 0 Å². The van der Waals surface area contributed by atoms with Crippen molar-refractivity contribution >= 4 is 38.8 Å². The summed E-state index contributed by atoms with van der Waals surface area (Å²) in [4.78, 5) is 14.4. The van der Waals surface area contributed by atoms with Gasteiger partial charge in [0.25, 0.3) is 0 Å². The van der Waals surface area contributed by atoms with Crippen molar-refractivity contribution in [3.8, 4) is 0 Å². The third-order valence-corrected chi connectivity index (χ3v) is 6.35. The van der Waals surface area contributed by atoms with E-state index in [9.17, 15) is 4.79 Å². The average Bonchev–Trinajstić information content (AvgIpc) is 3.28. The Morgan fingerprint density at radius 3 is 2.73 bits per heavy atom. The van der Waals surface area contributed by atoms with Gasteiger partial charge in [-0.15, -0.1) is 11.3 Å². The number of likely N-dealkylation sites (N-methyl/N-ethyl adjacent to an activating group) is 1. The normalized spacial score (nSPS) is 13.7. The molecule has 1 aromatic carbocycles. The van der Waals surface area contributed by atoms with Gasteiger partial charge in [0.1, 0.15) is 0 Å². The summed E-state index contributed by atoms with van der Waals surface area (Å²) in [5.41, 5.74) is 2.48. The maximum absolute atomic E-state index is 12.3. The number of rotatable bonds is 7. The van der Waals surface area contributed by atoms with E-state index in [0.29, 0.717) is 6.54 Å². The minimum Gasteiger partial charge on any atom is -0.337 e. The van der Waals surface area contributed by atoms with Crippen molar-refractivity contribution in [2.45, 2.75) is 25.4 Å². The molecule has 2 atom stereocenters. The van der Waals surface area contributed by atoms with Crippen molar-refractivity contribution in [2.24, 2.45) is 0 Å². The van der Waals surface area contributed by atoms with Gasteiger partial charge in [0.15, 0.2) is 0 Å². The fourth-order valence-electron chi connectivity index (χ4n) is 2.94. The molecule has 26 heavy (non-hydrogen) atoms. The van der Waals surface area contributed by atoms with Gasteiger partial charge in [0, 0.05) is 17.3 Å². The summed E-state index contributed by atoms with van der Waals surface area (Å²) in [6, 6.07) is 10.7. The number of carbonyl (C=O) groups is 1. The molecule has 3 aromatic rings. The molecule has 0 aliphatic carbocycles. The first-order valence-electron chi connectivity index (χ1n) is 8.72. The van der Waals surface area contributed by atoms with E-state index in [4.69, 9.17) is 0 Å². The lowest BCUT2D eigenvalue weighted by atomic mass is 10.0. The smallest absolute Gasteiger partial charge is 0.315 e. The lowest BCUT2D eigenvalue weighted by Crippen LogP contribution is -2.45. The first-order valence-corrected chi connectivity index (χ1v) is 10.5. The third kappa shape index (κ3) is 4.63. The molecule has 0 saturated heterocycles. The molecule has 0 radical (unpaired) electrons. The van der Waals surface area contributed by atoms with Gasteiger partial charge >= 0.3 is 6.03 Å². The monoisotopic (exact) mass is 387 g/mol. The number of nitrogens with zero attached hydrogens (tertiary/aromatic N) is 1. The van der Waals surface area contributed by atoms with Gasteiger partial charge in [-0.2, -0.15) is 11.3 Å². The minimum atomic E-state index is -0.120. The Balaban J connectivity index is 1.57. The number of fused-ring (bicyclic) bond motifs is 1. The minimum absolute atomic E-state index is 0.0138. The number of amides is 2. The molecule has 2 heterocycles. The van der Waals surface area contributed by atoms with Crippen LogP contribution in [0.25, 0.3) is 10.1 Å². The van der Waals surface area contributed by atoms with E-state index >= 15 is 0 Å². The average molecular weight is 388 g/mol. The third-order valence-electron chi connectivity index (χ3n) is 4.64. The zero-order chi connectivity index (χ0) is 18.5. The predicted molar refractivity (Wildman–Crippen MR) is 112 cm³/mol. The molecule has 0 fully saturated rings. The second-order valence-electron chi connectivity index (χ2n) is 6.71. The van der Waals surface area contributed by atoms with Crippen LogP contribution < -0.4 is 10.6 Å². The Labute approximate surface area is 162 Å². The molecule has 0 saturated carbocycles. The van der Waals surface area contributed by atoms with Gasteiger partial charge in [0.05, 0.1) is 6.04 Å². The molecule has 0 aliphatic rings. The maximum atomic E-state index is 12.3. The SMILES string of the molecule is CC(NC(=O)NCC(Cc1csc2ccccc12)N(C)C)c1ccsc1. The van der Waals surface area contributed by atoms with Gasteiger partial charge < -0.3 is 15.5 Å². The van der Waals surface area contributed by atoms with Crippen LogP contribution in [0.3, 0.4) is 0 Å². The fraction of sp³-hybridized carbons (Fsp3) is 0.350. The van der Waals surface area contributed by atoms with E-state index in [2.05, 4.69) is 64.7 Å². The Kier molecular flexibility index (Phi) is 6.29. The lowest BCUT2D eigenvalue weighted by molar-refractivity contribution is 0.229. The van der Waals surface area contributed by atoms with Crippen LogP contribution >= 0.6 is 22.7 Å². The molecular formula is C20H25N3OS2. The van der Waals surface area contributed by atoms with E-state index in [1.54, 1.807) is 22.7 Å². The van der Waals surface area contributed by atoms with Crippen LogP contribution in [-0.2, 0) is 6.42 Å².